The van der Waals surface area contributed by atoms with Gasteiger partial charge in [-0.1, -0.05) is 38.4 Å². The van der Waals surface area contributed by atoms with Gasteiger partial charge in [0, 0.05) is 12.0 Å². The van der Waals surface area contributed by atoms with Gasteiger partial charge in [0.2, 0.25) is 0 Å². The highest BCUT2D eigenvalue weighted by Gasteiger charge is 2.35. The molecule has 0 fully saturated rings. The van der Waals surface area contributed by atoms with E-state index in [1.807, 2.05) is 0 Å². The molecule has 0 aliphatic heterocycles. The van der Waals surface area contributed by atoms with Crippen molar-refractivity contribution in [1.29, 1.82) is 0 Å². The van der Waals surface area contributed by atoms with Gasteiger partial charge in [-0.05, 0) is 44.1 Å². The minimum absolute atomic E-state index is 0.107. The number of rotatable bonds is 7. The molecule has 0 saturated carbocycles. The lowest BCUT2D eigenvalue weighted by Crippen LogP contribution is -2.54. The molecule has 20 heavy (non-hydrogen) atoms. The summed E-state index contributed by atoms with van der Waals surface area (Å²) in [6, 6.07) is 4.63. The quantitative estimate of drug-likeness (QED) is 0.826. The number of aliphatic hydroxyl groups is 1. The van der Waals surface area contributed by atoms with Crippen molar-refractivity contribution in [1.82, 2.24) is 4.90 Å². The molecule has 0 amide bonds. The topological polar surface area (TPSA) is 23.5 Å². The maximum absolute atomic E-state index is 13.2. The lowest BCUT2D eigenvalue weighted by molar-refractivity contribution is -0.0190. The fourth-order valence-electron chi connectivity index (χ4n) is 2.73. The molecule has 0 aliphatic rings. The Kier molecular flexibility index (Phi) is 6.44. The zero-order valence-corrected chi connectivity index (χ0v) is 13.5. The predicted molar refractivity (Wildman–Crippen MR) is 82.7 cm³/mol. The number of aliphatic hydroxyl groups excluding tert-OH is 1. The Labute approximate surface area is 126 Å². The zero-order chi connectivity index (χ0) is 15.3. The average molecular weight is 302 g/mol. The van der Waals surface area contributed by atoms with Gasteiger partial charge in [-0.15, -0.1) is 0 Å². The van der Waals surface area contributed by atoms with Crippen LogP contribution in [0, 0.1) is 5.82 Å². The fourth-order valence-corrected chi connectivity index (χ4v) is 2.93. The molecular weight excluding hydrogens is 277 g/mol. The van der Waals surface area contributed by atoms with Crippen LogP contribution in [0.25, 0.3) is 0 Å². The Bertz CT molecular complexity index is 436. The standard InChI is InChI=1S/C16H25ClFNO/c1-5-16(4,19(6-2)7-3)15(20)11-12-8-9-14(18)13(17)10-12/h8-10,15,20H,5-7,11H2,1-4H3. The third-order valence-electron chi connectivity index (χ3n) is 4.33. The average Bonchev–Trinajstić information content (AvgIpc) is 2.43. The van der Waals surface area contributed by atoms with E-state index in [9.17, 15) is 9.50 Å². The largest absolute Gasteiger partial charge is 0.391 e. The van der Waals surface area contributed by atoms with Crippen molar-refractivity contribution in [2.24, 2.45) is 0 Å². The van der Waals surface area contributed by atoms with Crippen molar-refractivity contribution in [3.63, 3.8) is 0 Å². The van der Waals surface area contributed by atoms with Gasteiger partial charge in [0.25, 0.3) is 0 Å². The number of likely N-dealkylation sites (N-methyl/N-ethyl adjacent to an activating group) is 1. The van der Waals surface area contributed by atoms with Crippen LogP contribution in [0.2, 0.25) is 5.02 Å². The van der Waals surface area contributed by atoms with Crippen LogP contribution in [-0.4, -0.2) is 34.7 Å². The van der Waals surface area contributed by atoms with Crippen molar-refractivity contribution in [2.45, 2.75) is 52.2 Å². The van der Waals surface area contributed by atoms with Gasteiger partial charge in [-0.25, -0.2) is 4.39 Å². The number of halogens is 2. The minimum atomic E-state index is -0.520. The van der Waals surface area contributed by atoms with Gasteiger partial charge >= 0.3 is 0 Å². The van der Waals surface area contributed by atoms with Crippen LogP contribution in [0.5, 0.6) is 0 Å². The highest BCUT2D eigenvalue weighted by molar-refractivity contribution is 6.30. The first-order chi connectivity index (χ1) is 9.38. The summed E-state index contributed by atoms with van der Waals surface area (Å²) in [5, 5.41) is 10.7. The van der Waals surface area contributed by atoms with Crippen molar-refractivity contribution in [3.8, 4) is 0 Å². The van der Waals surface area contributed by atoms with Crippen LogP contribution in [-0.2, 0) is 6.42 Å². The number of nitrogens with zero attached hydrogens (tertiary/aromatic N) is 1. The van der Waals surface area contributed by atoms with Crippen LogP contribution in [0.15, 0.2) is 18.2 Å². The maximum Gasteiger partial charge on any atom is 0.141 e. The van der Waals surface area contributed by atoms with E-state index in [1.54, 1.807) is 12.1 Å². The van der Waals surface area contributed by atoms with Crippen LogP contribution in [0.3, 0.4) is 0 Å². The number of hydrogen-bond acceptors (Lipinski definition) is 2. The van der Waals surface area contributed by atoms with Crippen LogP contribution in [0.4, 0.5) is 4.39 Å². The second-order valence-electron chi connectivity index (χ2n) is 5.35. The second-order valence-corrected chi connectivity index (χ2v) is 5.76. The molecule has 0 saturated heterocycles. The summed E-state index contributed by atoms with van der Waals surface area (Å²) >= 11 is 5.80. The number of hydrogen-bond donors (Lipinski definition) is 1. The summed E-state index contributed by atoms with van der Waals surface area (Å²) in [6.07, 6.45) is 0.806. The van der Waals surface area contributed by atoms with Gasteiger partial charge in [0.1, 0.15) is 5.82 Å². The summed E-state index contributed by atoms with van der Waals surface area (Å²) in [4.78, 5) is 2.27. The van der Waals surface area contributed by atoms with Crippen LogP contribution >= 0.6 is 11.6 Å². The molecule has 2 nitrogen and oxygen atoms in total. The third kappa shape index (κ3) is 3.72. The molecule has 114 valence electrons. The van der Waals surface area contributed by atoms with Crippen LogP contribution < -0.4 is 0 Å². The molecule has 0 radical (unpaired) electrons. The lowest BCUT2D eigenvalue weighted by Gasteiger charge is -2.43. The molecule has 4 heteroatoms. The molecule has 0 aromatic heterocycles. The zero-order valence-electron chi connectivity index (χ0n) is 12.8. The van der Waals surface area contributed by atoms with E-state index in [1.165, 1.54) is 6.07 Å². The first kappa shape index (κ1) is 17.4. The highest BCUT2D eigenvalue weighted by atomic mass is 35.5. The predicted octanol–water partition coefficient (Wildman–Crippen LogP) is 3.89. The number of benzene rings is 1. The van der Waals surface area contributed by atoms with Crippen molar-refractivity contribution in [3.05, 3.63) is 34.6 Å². The summed E-state index contributed by atoms with van der Waals surface area (Å²) in [6.45, 7) is 10.1. The maximum atomic E-state index is 13.2. The normalized spacial score (nSPS) is 16.2. The second kappa shape index (κ2) is 7.39. The third-order valence-corrected chi connectivity index (χ3v) is 4.62. The molecule has 2 unspecified atom stereocenters. The van der Waals surface area contributed by atoms with Crippen molar-refractivity contribution in [2.75, 3.05) is 13.1 Å². The monoisotopic (exact) mass is 301 g/mol. The van der Waals surface area contributed by atoms with E-state index < -0.39 is 11.9 Å². The summed E-state index contributed by atoms with van der Waals surface area (Å²) in [7, 11) is 0. The molecule has 1 rings (SSSR count). The van der Waals surface area contributed by atoms with Crippen molar-refractivity contribution >= 4 is 11.6 Å². The van der Waals surface area contributed by atoms with Crippen LogP contribution in [0.1, 0.15) is 39.7 Å². The first-order valence-corrected chi connectivity index (χ1v) is 7.63. The Morgan fingerprint density at radius 1 is 1.30 bits per heavy atom. The van der Waals surface area contributed by atoms with E-state index in [0.29, 0.717) is 6.42 Å². The molecule has 2 atom stereocenters. The van der Waals surface area contributed by atoms with E-state index >= 15 is 0 Å². The Hall–Kier alpha value is -0.640. The summed E-state index contributed by atoms with van der Waals surface area (Å²) in [5.74, 6) is -0.424. The summed E-state index contributed by atoms with van der Waals surface area (Å²) in [5.41, 5.74) is 0.570. The summed E-state index contributed by atoms with van der Waals surface area (Å²) < 4.78 is 13.2. The SMILES string of the molecule is CCN(CC)C(C)(CC)C(O)Cc1ccc(F)c(Cl)c1. The molecule has 0 aliphatic carbocycles. The molecular formula is C16H25ClFNO. The molecule has 0 heterocycles. The van der Waals surface area contributed by atoms with E-state index in [2.05, 4.69) is 32.6 Å². The lowest BCUT2D eigenvalue weighted by atomic mass is 9.85. The van der Waals surface area contributed by atoms with E-state index in [4.69, 9.17) is 11.6 Å². The van der Waals surface area contributed by atoms with E-state index in [-0.39, 0.29) is 10.6 Å². The van der Waals surface area contributed by atoms with Gasteiger partial charge in [-0.3, -0.25) is 4.90 Å². The van der Waals surface area contributed by atoms with Gasteiger partial charge in [0.05, 0.1) is 11.1 Å². The first-order valence-electron chi connectivity index (χ1n) is 7.26. The Morgan fingerprint density at radius 3 is 2.35 bits per heavy atom. The highest BCUT2D eigenvalue weighted by Crippen LogP contribution is 2.27. The smallest absolute Gasteiger partial charge is 0.141 e. The Balaban J connectivity index is 2.91. The molecule has 0 spiro atoms. The van der Waals surface area contributed by atoms with Gasteiger partial charge in [0.15, 0.2) is 0 Å². The fraction of sp³-hybridized carbons (Fsp3) is 0.625. The van der Waals surface area contributed by atoms with E-state index in [0.717, 1.165) is 25.1 Å². The minimum Gasteiger partial charge on any atom is -0.391 e. The van der Waals surface area contributed by atoms with Gasteiger partial charge in [-0.2, -0.15) is 0 Å². The molecule has 0 bridgehead atoms. The molecule has 1 aromatic rings. The molecule has 1 N–H and O–H groups in total. The van der Waals surface area contributed by atoms with Gasteiger partial charge < -0.3 is 5.11 Å². The molecule has 1 aromatic carbocycles. The van der Waals surface area contributed by atoms with Crippen molar-refractivity contribution < 1.29 is 9.50 Å². The Morgan fingerprint density at radius 2 is 1.90 bits per heavy atom.